The Bertz CT molecular complexity index is 1400. The van der Waals surface area contributed by atoms with Crippen LogP contribution in [0.15, 0.2) is 75.6 Å². The summed E-state index contributed by atoms with van der Waals surface area (Å²) in [5.74, 6) is 0. The highest BCUT2D eigenvalue weighted by molar-refractivity contribution is 9.10. The molecule has 5 aromatic rings. The molecule has 0 unspecified atom stereocenters. The van der Waals surface area contributed by atoms with Crippen molar-refractivity contribution in [1.29, 1.82) is 0 Å². The molecule has 0 saturated heterocycles. The van der Waals surface area contributed by atoms with E-state index < -0.39 is 0 Å². The third-order valence-electron chi connectivity index (χ3n) is 6.09. The van der Waals surface area contributed by atoms with Crippen LogP contribution in [-0.2, 0) is 5.41 Å². The van der Waals surface area contributed by atoms with Crippen LogP contribution in [0.5, 0.6) is 0 Å². The molecule has 0 spiro atoms. The molecule has 1 aromatic heterocycles. The second-order valence-electron chi connectivity index (χ2n) is 7.91. The molecule has 130 valence electrons. The Kier molecular flexibility index (Phi) is 2.88. The molecule has 1 nitrogen and oxygen atoms in total. The maximum absolute atomic E-state index is 6.49. The Hall–Kier alpha value is -2.58. The van der Waals surface area contributed by atoms with Gasteiger partial charge in [-0.25, -0.2) is 0 Å². The zero-order valence-electron chi connectivity index (χ0n) is 15.1. The number of fused-ring (bicyclic) bond motifs is 10. The summed E-state index contributed by atoms with van der Waals surface area (Å²) in [5.41, 5.74) is 7.16. The third-order valence-corrected chi connectivity index (χ3v) is 6.58. The molecular formula is C25H17BrO. The van der Waals surface area contributed by atoms with Gasteiger partial charge in [-0.2, -0.15) is 0 Å². The zero-order chi connectivity index (χ0) is 18.3. The van der Waals surface area contributed by atoms with Gasteiger partial charge >= 0.3 is 0 Å². The maximum Gasteiger partial charge on any atom is 0.140 e. The number of halogens is 1. The molecule has 1 heterocycles. The van der Waals surface area contributed by atoms with Crippen LogP contribution in [0.2, 0.25) is 0 Å². The van der Waals surface area contributed by atoms with Crippen LogP contribution in [0.1, 0.15) is 25.0 Å². The van der Waals surface area contributed by atoms with Crippen molar-refractivity contribution >= 4 is 48.6 Å². The number of para-hydroxylation sites is 1. The van der Waals surface area contributed by atoms with Crippen molar-refractivity contribution in [3.63, 3.8) is 0 Å². The summed E-state index contributed by atoms with van der Waals surface area (Å²) in [6.07, 6.45) is 0. The van der Waals surface area contributed by atoms with Crippen LogP contribution in [0, 0.1) is 0 Å². The third kappa shape index (κ3) is 1.84. The quantitative estimate of drug-likeness (QED) is 0.252. The van der Waals surface area contributed by atoms with Gasteiger partial charge in [0, 0.05) is 26.2 Å². The molecule has 1 aliphatic carbocycles. The first-order chi connectivity index (χ1) is 13.1. The summed E-state index contributed by atoms with van der Waals surface area (Å²) in [5, 5.41) is 5.00. The second kappa shape index (κ2) is 5.02. The van der Waals surface area contributed by atoms with Gasteiger partial charge in [0.25, 0.3) is 0 Å². The van der Waals surface area contributed by atoms with Crippen LogP contribution < -0.4 is 0 Å². The van der Waals surface area contributed by atoms with Gasteiger partial charge < -0.3 is 4.42 Å². The predicted octanol–water partition coefficient (Wildman–Crippen LogP) is 7.81. The van der Waals surface area contributed by atoms with Gasteiger partial charge in [0.2, 0.25) is 0 Å². The van der Waals surface area contributed by atoms with Gasteiger partial charge in [-0.15, -0.1) is 0 Å². The number of benzene rings is 4. The van der Waals surface area contributed by atoms with E-state index in [1.165, 1.54) is 43.8 Å². The molecule has 27 heavy (non-hydrogen) atoms. The van der Waals surface area contributed by atoms with Crippen molar-refractivity contribution in [3.05, 3.63) is 82.3 Å². The highest BCUT2D eigenvalue weighted by Crippen LogP contribution is 2.56. The minimum Gasteiger partial charge on any atom is -0.456 e. The zero-order valence-corrected chi connectivity index (χ0v) is 16.7. The summed E-state index contributed by atoms with van der Waals surface area (Å²) in [6, 6.07) is 23.8. The molecule has 0 amide bonds. The molecule has 4 aromatic carbocycles. The molecule has 0 aliphatic heterocycles. The van der Waals surface area contributed by atoms with E-state index in [1.54, 1.807) is 0 Å². The largest absolute Gasteiger partial charge is 0.456 e. The van der Waals surface area contributed by atoms with Gasteiger partial charge in [-0.1, -0.05) is 78.3 Å². The average molecular weight is 413 g/mol. The number of hydrogen-bond donors (Lipinski definition) is 0. The number of furan rings is 1. The van der Waals surface area contributed by atoms with Gasteiger partial charge in [0.15, 0.2) is 0 Å². The summed E-state index contributed by atoms with van der Waals surface area (Å²) < 4.78 is 7.61. The van der Waals surface area contributed by atoms with E-state index in [1.807, 2.05) is 6.07 Å². The van der Waals surface area contributed by atoms with Crippen LogP contribution in [0.25, 0.3) is 43.8 Å². The molecule has 0 saturated carbocycles. The van der Waals surface area contributed by atoms with Crippen molar-refractivity contribution < 1.29 is 4.42 Å². The van der Waals surface area contributed by atoms with Crippen molar-refractivity contribution in [3.8, 4) is 11.1 Å². The standard InChI is InChI=1S/C25H17BrO/c1-25(2)19-13-14(26)11-12-17(19)21-15-7-3-4-8-16(15)22-18-9-5-6-10-20(18)27-24(22)23(21)25/h3-13H,1-2H3. The lowest BCUT2D eigenvalue weighted by Crippen LogP contribution is -2.15. The minimum atomic E-state index is -0.120. The van der Waals surface area contributed by atoms with Gasteiger partial charge in [0.1, 0.15) is 11.2 Å². The van der Waals surface area contributed by atoms with Crippen molar-refractivity contribution in [1.82, 2.24) is 0 Å². The normalized spacial score (nSPS) is 14.8. The summed E-state index contributed by atoms with van der Waals surface area (Å²) in [6.45, 7) is 4.62. The molecular weight excluding hydrogens is 396 g/mol. The summed E-state index contributed by atoms with van der Waals surface area (Å²) in [4.78, 5) is 0. The van der Waals surface area contributed by atoms with Gasteiger partial charge in [0.05, 0.1) is 0 Å². The summed E-state index contributed by atoms with van der Waals surface area (Å²) >= 11 is 3.67. The Morgan fingerprint density at radius 1 is 0.815 bits per heavy atom. The van der Waals surface area contributed by atoms with E-state index in [9.17, 15) is 0 Å². The molecule has 0 radical (unpaired) electrons. The molecule has 0 fully saturated rings. The fourth-order valence-corrected chi connectivity index (χ4v) is 5.28. The summed E-state index contributed by atoms with van der Waals surface area (Å²) in [7, 11) is 0. The van der Waals surface area contributed by atoms with E-state index in [-0.39, 0.29) is 5.41 Å². The fraction of sp³-hybridized carbons (Fsp3) is 0.120. The Balaban J connectivity index is 1.95. The minimum absolute atomic E-state index is 0.120. The lowest BCUT2D eigenvalue weighted by molar-refractivity contribution is 0.620. The second-order valence-corrected chi connectivity index (χ2v) is 8.83. The lowest BCUT2D eigenvalue weighted by Gasteiger charge is -2.22. The van der Waals surface area contributed by atoms with E-state index in [0.29, 0.717) is 0 Å². The number of hydrogen-bond acceptors (Lipinski definition) is 1. The highest BCUT2D eigenvalue weighted by atomic mass is 79.9. The molecule has 2 heteroatoms. The Morgan fingerprint density at radius 2 is 1.52 bits per heavy atom. The number of rotatable bonds is 0. The fourth-order valence-electron chi connectivity index (χ4n) is 4.92. The molecule has 6 rings (SSSR count). The molecule has 0 bridgehead atoms. The van der Waals surface area contributed by atoms with Crippen molar-refractivity contribution in [2.24, 2.45) is 0 Å². The SMILES string of the molecule is CC1(C)c2cc(Br)ccc2-c2c1c1oc3ccccc3c1c1ccccc21. The van der Waals surface area contributed by atoms with Gasteiger partial charge in [-0.05, 0) is 45.7 Å². The van der Waals surface area contributed by atoms with Crippen LogP contribution in [0.4, 0.5) is 0 Å². The van der Waals surface area contributed by atoms with E-state index in [0.717, 1.165) is 15.6 Å². The van der Waals surface area contributed by atoms with E-state index in [4.69, 9.17) is 4.42 Å². The van der Waals surface area contributed by atoms with E-state index in [2.05, 4.69) is 90.4 Å². The predicted molar refractivity (Wildman–Crippen MR) is 116 cm³/mol. The van der Waals surface area contributed by atoms with Crippen LogP contribution in [0.3, 0.4) is 0 Å². The van der Waals surface area contributed by atoms with Crippen molar-refractivity contribution in [2.75, 3.05) is 0 Å². The lowest BCUT2D eigenvalue weighted by atomic mass is 9.81. The molecule has 0 atom stereocenters. The van der Waals surface area contributed by atoms with E-state index >= 15 is 0 Å². The topological polar surface area (TPSA) is 13.1 Å². The Morgan fingerprint density at radius 3 is 2.33 bits per heavy atom. The first-order valence-corrected chi connectivity index (χ1v) is 10.0. The highest BCUT2D eigenvalue weighted by Gasteiger charge is 2.40. The van der Waals surface area contributed by atoms with Gasteiger partial charge in [-0.3, -0.25) is 0 Å². The average Bonchev–Trinajstić information content (AvgIpc) is 3.16. The van der Waals surface area contributed by atoms with Crippen molar-refractivity contribution in [2.45, 2.75) is 19.3 Å². The maximum atomic E-state index is 6.49. The monoisotopic (exact) mass is 412 g/mol. The first kappa shape index (κ1) is 15.5. The first-order valence-electron chi connectivity index (χ1n) is 9.24. The van der Waals surface area contributed by atoms with Crippen LogP contribution >= 0.6 is 15.9 Å². The molecule has 1 aliphatic rings. The van der Waals surface area contributed by atoms with Crippen LogP contribution in [-0.4, -0.2) is 0 Å². The smallest absolute Gasteiger partial charge is 0.140 e. The Labute approximate surface area is 165 Å². The molecule has 0 N–H and O–H groups in total.